The fourth-order valence-corrected chi connectivity index (χ4v) is 3.47. The molecule has 1 aliphatic heterocycles. The Morgan fingerprint density at radius 2 is 1.96 bits per heavy atom. The third-order valence-corrected chi connectivity index (χ3v) is 4.68. The van der Waals surface area contributed by atoms with Crippen LogP contribution in [0.15, 0.2) is 0 Å². The van der Waals surface area contributed by atoms with Crippen LogP contribution in [0.1, 0.15) is 36.8 Å². The second-order valence-electron chi connectivity index (χ2n) is 7.17. The van der Waals surface area contributed by atoms with Crippen molar-refractivity contribution >= 4 is 11.7 Å². The van der Waals surface area contributed by atoms with Crippen LogP contribution in [0.5, 0.6) is 0 Å². The summed E-state index contributed by atoms with van der Waals surface area (Å²) in [5.74, 6) is 2.39. The van der Waals surface area contributed by atoms with Crippen LogP contribution < -0.4 is 10.2 Å². The van der Waals surface area contributed by atoms with Crippen molar-refractivity contribution in [1.82, 2.24) is 20.2 Å². The monoisotopic (exact) mass is 333 g/mol. The molecule has 2 heterocycles. The Kier molecular flexibility index (Phi) is 6.15. The molecule has 1 saturated heterocycles. The van der Waals surface area contributed by atoms with E-state index in [1.165, 1.54) is 0 Å². The lowest BCUT2D eigenvalue weighted by Gasteiger charge is -2.21. The SMILES string of the molecule is CCC[C@@H]1CN(c2nc(C)nc(C)c2C)C[C@H]1NC(=O)CN(C)C. The maximum Gasteiger partial charge on any atom is 0.234 e. The summed E-state index contributed by atoms with van der Waals surface area (Å²) in [5, 5.41) is 3.23. The van der Waals surface area contributed by atoms with Gasteiger partial charge >= 0.3 is 0 Å². The second-order valence-corrected chi connectivity index (χ2v) is 7.17. The van der Waals surface area contributed by atoms with E-state index in [0.29, 0.717) is 12.5 Å². The minimum atomic E-state index is 0.0970. The molecule has 0 saturated carbocycles. The number of rotatable bonds is 6. The van der Waals surface area contributed by atoms with E-state index in [1.54, 1.807) is 0 Å². The number of carbonyl (C=O) groups is 1. The molecule has 1 aromatic heterocycles. The van der Waals surface area contributed by atoms with Gasteiger partial charge in [-0.15, -0.1) is 0 Å². The Balaban J connectivity index is 2.16. The van der Waals surface area contributed by atoms with Crippen molar-refractivity contribution in [3.8, 4) is 0 Å². The summed E-state index contributed by atoms with van der Waals surface area (Å²) in [5.41, 5.74) is 2.17. The number of anilines is 1. The highest BCUT2D eigenvalue weighted by Gasteiger charge is 2.34. The molecule has 0 aliphatic carbocycles. The maximum absolute atomic E-state index is 12.2. The first-order valence-corrected chi connectivity index (χ1v) is 8.82. The quantitative estimate of drug-likeness (QED) is 0.858. The molecule has 1 N–H and O–H groups in total. The lowest BCUT2D eigenvalue weighted by atomic mass is 9.98. The number of nitrogens with one attached hydrogen (secondary N) is 1. The fourth-order valence-electron chi connectivity index (χ4n) is 3.47. The summed E-state index contributed by atoms with van der Waals surface area (Å²) in [6, 6.07) is 0.187. The first-order valence-electron chi connectivity index (χ1n) is 8.82. The number of nitrogens with zero attached hydrogens (tertiary/aromatic N) is 4. The van der Waals surface area contributed by atoms with Gasteiger partial charge in [0, 0.05) is 24.3 Å². The molecule has 1 aliphatic rings. The molecular weight excluding hydrogens is 302 g/mol. The zero-order valence-corrected chi connectivity index (χ0v) is 15.9. The van der Waals surface area contributed by atoms with Gasteiger partial charge in [0.05, 0.1) is 12.6 Å². The predicted molar refractivity (Wildman–Crippen MR) is 97.3 cm³/mol. The van der Waals surface area contributed by atoms with Gasteiger partial charge in [-0.05, 0) is 47.2 Å². The maximum atomic E-state index is 12.2. The standard InChI is InChI=1S/C18H31N5O/c1-7-8-15-9-23(10-16(15)21-17(24)11-22(5)6)18-12(2)13(3)19-14(4)20-18/h15-16H,7-11H2,1-6H3,(H,21,24)/t15-,16-/m1/s1. The van der Waals surface area contributed by atoms with Crippen LogP contribution in [0.25, 0.3) is 0 Å². The minimum Gasteiger partial charge on any atom is -0.354 e. The van der Waals surface area contributed by atoms with Gasteiger partial charge in [-0.1, -0.05) is 13.3 Å². The molecule has 0 aromatic carbocycles. The molecule has 2 atom stereocenters. The first-order chi connectivity index (χ1) is 11.3. The Morgan fingerprint density at radius 1 is 1.25 bits per heavy atom. The van der Waals surface area contributed by atoms with E-state index >= 15 is 0 Å². The molecule has 0 spiro atoms. The van der Waals surface area contributed by atoms with Crippen molar-refractivity contribution in [3.05, 3.63) is 17.1 Å². The molecule has 1 fully saturated rings. The van der Waals surface area contributed by atoms with Crippen LogP contribution in [0.4, 0.5) is 5.82 Å². The molecule has 6 heteroatoms. The normalized spacial score (nSPS) is 20.7. The van der Waals surface area contributed by atoms with E-state index in [4.69, 9.17) is 0 Å². The van der Waals surface area contributed by atoms with Crippen LogP contribution in [0, 0.1) is 26.7 Å². The summed E-state index contributed by atoms with van der Waals surface area (Å²) < 4.78 is 0. The Hall–Kier alpha value is -1.69. The van der Waals surface area contributed by atoms with Crippen molar-refractivity contribution in [2.45, 2.75) is 46.6 Å². The average Bonchev–Trinajstić information content (AvgIpc) is 2.85. The van der Waals surface area contributed by atoms with Crippen LogP contribution in [-0.2, 0) is 4.79 Å². The van der Waals surface area contributed by atoms with Crippen LogP contribution in [-0.4, -0.2) is 60.5 Å². The van der Waals surface area contributed by atoms with Gasteiger partial charge in [-0.2, -0.15) is 0 Å². The number of aryl methyl sites for hydroxylation is 2. The van der Waals surface area contributed by atoms with E-state index in [-0.39, 0.29) is 11.9 Å². The third kappa shape index (κ3) is 4.44. The number of amides is 1. The van der Waals surface area contributed by atoms with Gasteiger partial charge in [0.25, 0.3) is 0 Å². The topological polar surface area (TPSA) is 61.4 Å². The van der Waals surface area contributed by atoms with Gasteiger partial charge in [0.2, 0.25) is 5.91 Å². The zero-order chi connectivity index (χ0) is 17.9. The predicted octanol–water partition coefficient (Wildman–Crippen LogP) is 1.68. The Morgan fingerprint density at radius 3 is 2.58 bits per heavy atom. The first kappa shape index (κ1) is 18.6. The highest BCUT2D eigenvalue weighted by Crippen LogP contribution is 2.28. The molecule has 0 bridgehead atoms. The van der Waals surface area contributed by atoms with Crippen molar-refractivity contribution < 1.29 is 4.79 Å². The number of aromatic nitrogens is 2. The minimum absolute atomic E-state index is 0.0970. The number of likely N-dealkylation sites (N-methyl/N-ethyl adjacent to an activating group) is 1. The molecule has 0 radical (unpaired) electrons. The van der Waals surface area contributed by atoms with E-state index in [9.17, 15) is 4.79 Å². The van der Waals surface area contributed by atoms with Crippen molar-refractivity contribution in [2.75, 3.05) is 38.6 Å². The van der Waals surface area contributed by atoms with E-state index in [1.807, 2.05) is 32.8 Å². The van der Waals surface area contributed by atoms with E-state index < -0.39 is 0 Å². The summed E-state index contributed by atoms with van der Waals surface area (Å²) in [7, 11) is 3.83. The lowest BCUT2D eigenvalue weighted by Crippen LogP contribution is -2.44. The van der Waals surface area contributed by atoms with Gasteiger partial charge in [-0.25, -0.2) is 9.97 Å². The van der Waals surface area contributed by atoms with Crippen LogP contribution in [0.2, 0.25) is 0 Å². The number of carbonyl (C=O) groups excluding carboxylic acids is 1. The van der Waals surface area contributed by atoms with E-state index in [0.717, 1.165) is 48.8 Å². The van der Waals surface area contributed by atoms with Gasteiger partial charge < -0.3 is 15.1 Å². The largest absolute Gasteiger partial charge is 0.354 e. The summed E-state index contributed by atoms with van der Waals surface area (Å²) in [6.07, 6.45) is 2.24. The lowest BCUT2D eigenvalue weighted by molar-refractivity contribution is -0.122. The van der Waals surface area contributed by atoms with Crippen molar-refractivity contribution in [2.24, 2.45) is 5.92 Å². The highest BCUT2D eigenvalue weighted by molar-refractivity contribution is 5.78. The molecule has 1 aromatic rings. The second kappa shape index (κ2) is 7.92. The molecule has 0 unspecified atom stereocenters. The molecule has 24 heavy (non-hydrogen) atoms. The molecular formula is C18H31N5O. The summed E-state index contributed by atoms with van der Waals surface area (Å²) in [4.78, 5) is 25.5. The number of hydrogen-bond acceptors (Lipinski definition) is 5. The highest BCUT2D eigenvalue weighted by atomic mass is 16.2. The molecule has 1 amide bonds. The third-order valence-electron chi connectivity index (χ3n) is 4.68. The Bertz CT molecular complexity index is 587. The molecule has 6 nitrogen and oxygen atoms in total. The van der Waals surface area contributed by atoms with Crippen LogP contribution >= 0.6 is 0 Å². The van der Waals surface area contributed by atoms with Gasteiger partial charge in [0.15, 0.2) is 0 Å². The van der Waals surface area contributed by atoms with Crippen LogP contribution in [0.3, 0.4) is 0 Å². The molecule has 2 rings (SSSR count). The van der Waals surface area contributed by atoms with Crippen molar-refractivity contribution in [1.29, 1.82) is 0 Å². The summed E-state index contributed by atoms with van der Waals surface area (Å²) in [6.45, 7) is 10.4. The fraction of sp³-hybridized carbons (Fsp3) is 0.722. The number of hydrogen-bond donors (Lipinski definition) is 1. The van der Waals surface area contributed by atoms with Gasteiger partial charge in [-0.3, -0.25) is 4.79 Å². The van der Waals surface area contributed by atoms with E-state index in [2.05, 4.69) is 34.0 Å². The van der Waals surface area contributed by atoms with Gasteiger partial charge in [0.1, 0.15) is 11.6 Å². The smallest absolute Gasteiger partial charge is 0.234 e. The zero-order valence-electron chi connectivity index (χ0n) is 15.9. The molecule has 134 valence electrons. The Labute approximate surface area is 145 Å². The van der Waals surface area contributed by atoms with Crippen molar-refractivity contribution in [3.63, 3.8) is 0 Å². The summed E-state index contributed by atoms with van der Waals surface area (Å²) >= 11 is 0. The average molecular weight is 333 g/mol.